The van der Waals surface area contributed by atoms with Crippen LogP contribution < -0.4 is 11.3 Å². The van der Waals surface area contributed by atoms with Crippen LogP contribution in [-0.4, -0.2) is 15.6 Å². The lowest BCUT2D eigenvalue weighted by Crippen LogP contribution is -2.31. The van der Waals surface area contributed by atoms with Gasteiger partial charge >= 0.3 is 0 Å². The second-order valence-corrected chi connectivity index (χ2v) is 5.20. The number of nitrogens with two attached hydrogens (primary N) is 1. The van der Waals surface area contributed by atoms with Gasteiger partial charge in [0.2, 0.25) is 0 Å². The van der Waals surface area contributed by atoms with E-state index in [0.717, 1.165) is 23.1 Å². The van der Waals surface area contributed by atoms with Gasteiger partial charge in [0.05, 0.1) is 11.3 Å². The highest BCUT2D eigenvalue weighted by atomic mass is 16.1. The SMILES string of the molecule is CCCn1nc(-c2cc(C)ccc2C)cc(C(=N)N)c1=O. The Morgan fingerprint density at radius 2 is 2.05 bits per heavy atom. The Hall–Kier alpha value is -2.43. The largest absolute Gasteiger partial charge is 0.384 e. The smallest absolute Gasteiger partial charge is 0.277 e. The number of nitrogens with one attached hydrogen (secondary N) is 1. The maximum atomic E-state index is 12.2. The topological polar surface area (TPSA) is 84.8 Å². The van der Waals surface area contributed by atoms with Crippen LogP contribution >= 0.6 is 0 Å². The third-order valence-electron chi connectivity index (χ3n) is 3.37. The molecular weight excluding hydrogens is 264 g/mol. The van der Waals surface area contributed by atoms with Crippen molar-refractivity contribution >= 4 is 5.84 Å². The van der Waals surface area contributed by atoms with E-state index in [1.54, 1.807) is 6.07 Å². The molecule has 0 atom stereocenters. The van der Waals surface area contributed by atoms with E-state index in [4.69, 9.17) is 11.1 Å². The molecule has 3 N–H and O–H groups in total. The molecule has 0 aliphatic rings. The molecule has 1 heterocycles. The Morgan fingerprint density at radius 3 is 2.67 bits per heavy atom. The Morgan fingerprint density at radius 1 is 1.33 bits per heavy atom. The van der Waals surface area contributed by atoms with E-state index in [-0.39, 0.29) is 17.0 Å². The molecule has 21 heavy (non-hydrogen) atoms. The van der Waals surface area contributed by atoms with Gasteiger partial charge in [0, 0.05) is 12.1 Å². The lowest BCUT2D eigenvalue weighted by Gasteiger charge is -2.11. The fourth-order valence-corrected chi connectivity index (χ4v) is 2.24. The summed E-state index contributed by atoms with van der Waals surface area (Å²) in [5.41, 5.74) is 9.26. The average molecular weight is 284 g/mol. The van der Waals surface area contributed by atoms with Crippen LogP contribution in [0.25, 0.3) is 11.3 Å². The zero-order chi connectivity index (χ0) is 15.6. The van der Waals surface area contributed by atoms with E-state index in [9.17, 15) is 4.79 Å². The standard InChI is InChI=1S/C16H20N4O/c1-4-7-20-16(21)13(15(17)18)9-14(19-20)12-8-10(2)5-6-11(12)3/h5-6,8-9H,4,7H2,1-3H3,(H3,17,18). The molecule has 0 saturated carbocycles. The van der Waals surface area contributed by atoms with Crippen LogP contribution in [0.4, 0.5) is 0 Å². The highest BCUT2D eigenvalue weighted by Crippen LogP contribution is 2.22. The molecule has 110 valence electrons. The molecule has 0 fully saturated rings. The van der Waals surface area contributed by atoms with E-state index in [1.165, 1.54) is 4.68 Å². The fraction of sp³-hybridized carbons (Fsp3) is 0.312. The van der Waals surface area contributed by atoms with Gasteiger partial charge in [-0.2, -0.15) is 5.10 Å². The summed E-state index contributed by atoms with van der Waals surface area (Å²) >= 11 is 0. The summed E-state index contributed by atoms with van der Waals surface area (Å²) in [6.07, 6.45) is 0.792. The second kappa shape index (κ2) is 5.91. The average Bonchev–Trinajstić information content (AvgIpc) is 2.43. The van der Waals surface area contributed by atoms with Crippen molar-refractivity contribution < 1.29 is 0 Å². The van der Waals surface area contributed by atoms with Crippen molar-refractivity contribution in [3.05, 3.63) is 51.3 Å². The Bertz CT molecular complexity index is 746. The number of hydrogen-bond acceptors (Lipinski definition) is 3. The van der Waals surface area contributed by atoms with E-state index in [2.05, 4.69) is 5.10 Å². The lowest BCUT2D eigenvalue weighted by atomic mass is 10.0. The van der Waals surface area contributed by atoms with Crippen molar-refractivity contribution in [3.8, 4) is 11.3 Å². The minimum Gasteiger partial charge on any atom is -0.384 e. The summed E-state index contributed by atoms with van der Waals surface area (Å²) in [6.45, 7) is 6.50. The van der Waals surface area contributed by atoms with Crippen LogP contribution in [0.2, 0.25) is 0 Å². The first kappa shape index (κ1) is 15.0. The number of nitrogen functional groups attached to an aromatic ring is 1. The first-order valence-corrected chi connectivity index (χ1v) is 6.98. The molecule has 0 unspecified atom stereocenters. The van der Waals surface area contributed by atoms with E-state index in [1.807, 2.05) is 39.0 Å². The molecule has 0 aliphatic carbocycles. The first-order chi connectivity index (χ1) is 9.93. The number of hydrogen-bond donors (Lipinski definition) is 2. The van der Waals surface area contributed by atoms with Crippen LogP contribution in [0, 0.1) is 19.3 Å². The maximum absolute atomic E-state index is 12.2. The molecule has 0 radical (unpaired) electrons. The minimum atomic E-state index is -0.307. The van der Waals surface area contributed by atoms with Gasteiger partial charge in [0.25, 0.3) is 5.56 Å². The lowest BCUT2D eigenvalue weighted by molar-refractivity contribution is 0.569. The highest BCUT2D eigenvalue weighted by molar-refractivity contribution is 5.95. The number of rotatable bonds is 4. The minimum absolute atomic E-state index is 0.203. The zero-order valence-corrected chi connectivity index (χ0v) is 12.6. The van der Waals surface area contributed by atoms with Crippen molar-refractivity contribution in [1.29, 1.82) is 5.41 Å². The molecular formula is C16H20N4O. The third-order valence-corrected chi connectivity index (χ3v) is 3.37. The Labute approximate surface area is 123 Å². The predicted molar refractivity (Wildman–Crippen MR) is 84.7 cm³/mol. The van der Waals surface area contributed by atoms with E-state index >= 15 is 0 Å². The Balaban J connectivity index is 2.71. The quantitative estimate of drug-likeness (QED) is 0.667. The van der Waals surface area contributed by atoms with Crippen LogP contribution in [0.5, 0.6) is 0 Å². The first-order valence-electron chi connectivity index (χ1n) is 6.98. The van der Waals surface area contributed by atoms with Crippen LogP contribution in [0.15, 0.2) is 29.1 Å². The van der Waals surface area contributed by atoms with Gasteiger partial charge < -0.3 is 5.73 Å². The molecule has 0 aliphatic heterocycles. The van der Waals surface area contributed by atoms with Crippen molar-refractivity contribution in [2.45, 2.75) is 33.7 Å². The van der Waals surface area contributed by atoms with Crippen molar-refractivity contribution in [1.82, 2.24) is 9.78 Å². The van der Waals surface area contributed by atoms with Gasteiger partial charge in [-0.3, -0.25) is 10.2 Å². The molecule has 5 nitrogen and oxygen atoms in total. The van der Waals surface area contributed by atoms with Gasteiger partial charge in [-0.15, -0.1) is 0 Å². The number of aryl methyl sites for hydroxylation is 3. The summed E-state index contributed by atoms with van der Waals surface area (Å²) in [5, 5.41) is 12.0. The van der Waals surface area contributed by atoms with Gasteiger partial charge in [-0.25, -0.2) is 4.68 Å². The van der Waals surface area contributed by atoms with Crippen LogP contribution in [0.1, 0.15) is 30.0 Å². The predicted octanol–water partition coefficient (Wildman–Crippen LogP) is 2.22. The molecule has 0 amide bonds. The van der Waals surface area contributed by atoms with E-state index < -0.39 is 0 Å². The molecule has 0 spiro atoms. The highest BCUT2D eigenvalue weighted by Gasteiger charge is 2.13. The summed E-state index contributed by atoms with van der Waals surface area (Å²) in [5.74, 6) is -0.223. The van der Waals surface area contributed by atoms with Gasteiger partial charge in [0.1, 0.15) is 5.84 Å². The van der Waals surface area contributed by atoms with Crippen molar-refractivity contribution in [2.24, 2.45) is 5.73 Å². The summed E-state index contributed by atoms with van der Waals surface area (Å²) in [6, 6.07) is 7.70. The van der Waals surface area contributed by atoms with Crippen LogP contribution in [0.3, 0.4) is 0 Å². The molecule has 2 aromatic rings. The van der Waals surface area contributed by atoms with Gasteiger partial charge in [-0.1, -0.05) is 24.6 Å². The second-order valence-electron chi connectivity index (χ2n) is 5.20. The van der Waals surface area contributed by atoms with Gasteiger partial charge in [-0.05, 0) is 38.0 Å². The Kier molecular flexibility index (Phi) is 4.21. The molecule has 5 heteroatoms. The third kappa shape index (κ3) is 3.02. The monoisotopic (exact) mass is 284 g/mol. The van der Waals surface area contributed by atoms with Crippen molar-refractivity contribution in [3.63, 3.8) is 0 Å². The molecule has 0 saturated heterocycles. The van der Waals surface area contributed by atoms with E-state index in [0.29, 0.717) is 12.2 Å². The number of benzene rings is 1. The number of amidine groups is 1. The molecule has 1 aromatic heterocycles. The van der Waals surface area contributed by atoms with Crippen molar-refractivity contribution in [2.75, 3.05) is 0 Å². The number of aromatic nitrogens is 2. The fourth-order valence-electron chi connectivity index (χ4n) is 2.24. The molecule has 0 bridgehead atoms. The molecule has 1 aromatic carbocycles. The summed E-state index contributed by atoms with van der Waals surface area (Å²) < 4.78 is 1.40. The normalized spacial score (nSPS) is 10.6. The van der Waals surface area contributed by atoms with Crippen LogP contribution in [-0.2, 0) is 6.54 Å². The maximum Gasteiger partial charge on any atom is 0.277 e. The molecule has 2 rings (SSSR count). The zero-order valence-electron chi connectivity index (χ0n) is 12.6. The summed E-state index contributed by atoms with van der Waals surface area (Å²) in [4.78, 5) is 12.2. The number of nitrogens with zero attached hydrogens (tertiary/aromatic N) is 2. The summed E-state index contributed by atoms with van der Waals surface area (Å²) in [7, 11) is 0. The van der Waals surface area contributed by atoms with Gasteiger partial charge in [0.15, 0.2) is 0 Å².